The molecule has 2 aromatic heterocycles. The molecule has 0 amide bonds. The van der Waals surface area contributed by atoms with Crippen LogP contribution in [0.5, 0.6) is 0 Å². The molecule has 178 valence electrons. The van der Waals surface area contributed by atoms with Gasteiger partial charge in [-0.1, -0.05) is 42.8 Å². The van der Waals surface area contributed by atoms with Gasteiger partial charge in [0.25, 0.3) is 0 Å². The quantitative estimate of drug-likeness (QED) is 0.311. The van der Waals surface area contributed by atoms with E-state index in [4.69, 9.17) is 11.6 Å². The molecule has 1 aliphatic carbocycles. The number of pyridine rings is 1. The van der Waals surface area contributed by atoms with Crippen molar-refractivity contribution in [1.29, 1.82) is 5.26 Å². The van der Waals surface area contributed by atoms with Crippen LogP contribution in [0.2, 0.25) is 5.02 Å². The molecular formula is C26H25ClFN7. The molecule has 1 aliphatic rings. The Bertz CT molecular complexity index is 1400. The SMILES string of the molecule is CC(C)CNc1c(C#N)cnc2c(Cl)cc(NC(c3ccc(F)cc3)c3cn(C4CC4)nn3)cc12. The number of hydrogen-bond acceptors (Lipinski definition) is 6. The maximum absolute atomic E-state index is 13.7. The van der Waals surface area contributed by atoms with Gasteiger partial charge in [0.05, 0.1) is 40.1 Å². The third-order valence-corrected chi connectivity index (χ3v) is 6.28. The monoisotopic (exact) mass is 489 g/mol. The zero-order valence-corrected chi connectivity index (χ0v) is 20.2. The minimum atomic E-state index is -0.379. The zero-order valence-electron chi connectivity index (χ0n) is 19.5. The molecule has 7 nitrogen and oxygen atoms in total. The molecule has 0 bridgehead atoms. The smallest absolute Gasteiger partial charge is 0.123 e. The molecule has 5 rings (SSSR count). The molecule has 0 radical (unpaired) electrons. The number of aromatic nitrogens is 4. The van der Waals surface area contributed by atoms with Crippen molar-refractivity contribution in [2.24, 2.45) is 5.92 Å². The van der Waals surface area contributed by atoms with E-state index in [0.717, 1.165) is 35.2 Å². The van der Waals surface area contributed by atoms with Gasteiger partial charge in [-0.2, -0.15) is 5.26 Å². The summed E-state index contributed by atoms with van der Waals surface area (Å²) in [5.74, 6) is 0.0809. The van der Waals surface area contributed by atoms with Crippen molar-refractivity contribution in [2.75, 3.05) is 17.2 Å². The molecule has 2 heterocycles. The van der Waals surface area contributed by atoms with Crippen LogP contribution in [0.4, 0.5) is 15.8 Å². The summed E-state index contributed by atoms with van der Waals surface area (Å²) >= 11 is 6.65. The molecule has 0 spiro atoms. The highest BCUT2D eigenvalue weighted by atomic mass is 35.5. The van der Waals surface area contributed by atoms with Crippen LogP contribution in [-0.4, -0.2) is 26.5 Å². The highest BCUT2D eigenvalue weighted by Gasteiger charge is 2.27. The number of nitrogens with one attached hydrogen (secondary N) is 2. The second-order valence-electron chi connectivity index (χ2n) is 9.27. The summed E-state index contributed by atoms with van der Waals surface area (Å²) in [6.07, 6.45) is 5.67. The van der Waals surface area contributed by atoms with Gasteiger partial charge in [0.2, 0.25) is 0 Å². The van der Waals surface area contributed by atoms with Gasteiger partial charge >= 0.3 is 0 Å². The third-order valence-electron chi connectivity index (χ3n) is 5.99. The Morgan fingerprint density at radius 1 is 1.23 bits per heavy atom. The van der Waals surface area contributed by atoms with Crippen molar-refractivity contribution in [3.8, 4) is 6.07 Å². The maximum Gasteiger partial charge on any atom is 0.123 e. The van der Waals surface area contributed by atoms with E-state index in [1.54, 1.807) is 24.4 Å². The number of benzene rings is 2. The van der Waals surface area contributed by atoms with Crippen molar-refractivity contribution in [3.05, 3.63) is 76.5 Å². The molecule has 9 heteroatoms. The van der Waals surface area contributed by atoms with Gasteiger partial charge in [-0.05, 0) is 48.6 Å². The van der Waals surface area contributed by atoms with Crippen LogP contribution in [-0.2, 0) is 0 Å². The lowest BCUT2D eigenvalue weighted by Crippen LogP contribution is -2.14. The van der Waals surface area contributed by atoms with Crippen LogP contribution in [0.15, 0.2) is 48.8 Å². The highest BCUT2D eigenvalue weighted by Crippen LogP contribution is 2.37. The standard InChI is InChI=1S/C26H25ClFN7/c1-15(2)12-30-24-17(11-29)13-31-26-21(24)9-19(10-22(26)27)32-25(16-3-5-18(28)6-4-16)23-14-35(34-33-23)20-7-8-20/h3-6,9-10,13-15,20,25,32H,7-8,12H2,1-2H3,(H,30,31). The Hall–Kier alpha value is -3.70. The van der Waals surface area contributed by atoms with Crippen LogP contribution in [0.3, 0.4) is 0 Å². The average molecular weight is 490 g/mol. The van der Waals surface area contributed by atoms with Crippen molar-refractivity contribution >= 4 is 33.9 Å². The van der Waals surface area contributed by atoms with Gasteiger partial charge in [0.1, 0.15) is 17.6 Å². The molecule has 35 heavy (non-hydrogen) atoms. The number of halogens is 2. The summed E-state index contributed by atoms with van der Waals surface area (Å²) in [7, 11) is 0. The fourth-order valence-corrected chi connectivity index (χ4v) is 4.28. The summed E-state index contributed by atoms with van der Waals surface area (Å²) in [6.45, 7) is 4.90. The molecule has 2 aromatic carbocycles. The number of anilines is 2. The van der Waals surface area contributed by atoms with Crippen LogP contribution >= 0.6 is 11.6 Å². The maximum atomic E-state index is 13.7. The van der Waals surface area contributed by atoms with Gasteiger partial charge < -0.3 is 10.6 Å². The second kappa shape index (κ2) is 9.51. The van der Waals surface area contributed by atoms with Gasteiger partial charge in [0, 0.05) is 23.8 Å². The minimum absolute atomic E-state index is 0.307. The largest absolute Gasteiger partial charge is 0.383 e. The molecule has 1 fully saturated rings. The molecular weight excluding hydrogens is 465 g/mol. The minimum Gasteiger partial charge on any atom is -0.383 e. The molecule has 0 aliphatic heterocycles. The number of nitrogens with zero attached hydrogens (tertiary/aromatic N) is 5. The van der Waals surface area contributed by atoms with E-state index in [9.17, 15) is 9.65 Å². The Morgan fingerprint density at radius 2 is 2.00 bits per heavy atom. The molecule has 4 aromatic rings. The third kappa shape index (κ3) is 4.91. The van der Waals surface area contributed by atoms with Crippen molar-refractivity contribution < 1.29 is 4.39 Å². The van der Waals surface area contributed by atoms with Crippen LogP contribution in [0.1, 0.15) is 55.6 Å². The van der Waals surface area contributed by atoms with E-state index in [1.807, 2.05) is 16.9 Å². The first-order valence-electron chi connectivity index (χ1n) is 11.6. The summed E-state index contributed by atoms with van der Waals surface area (Å²) in [5.41, 5.74) is 4.06. The van der Waals surface area contributed by atoms with Crippen molar-refractivity contribution in [2.45, 2.75) is 38.8 Å². The van der Waals surface area contributed by atoms with Crippen molar-refractivity contribution in [3.63, 3.8) is 0 Å². The van der Waals surface area contributed by atoms with E-state index in [1.165, 1.54) is 12.1 Å². The first-order chi connectivity index (χ1) is 16.9. The predicted octanol–water partition coefficient (Wildman–Crippen LogP) is 6.09. The Kier molecular flexibility index (Phi) is 6.27. The second-order valence-corrected chi connectivity index (χ2v) is 9.68. The summed E-state index contributed by atoms with van der Waals surface area (Å²) in [4.78, 5) is 4.43. The van der Waals surface area contributed by atoms with Crippen molar-refractivity contribution in [1.82, 2.24) is 20.0 Å². The number of nitriles is 1. The van der Waals surface area contributed by atoms with Crippen LogP contribution in [0, 0.1) is 23.1 Å². The zero-order chi connectivity index (χ0) is 24.5. The van der Waals surface area contributed by atoms with E-state index in [2.05, 4.69) is 45.8 Å². The summed E-state index contributed by atoms with van der Waals surface area (Å²) in [5, 5.41) is 26.5. The number of rotatable bonds is 8. The van der Waals surface area contributed by atoms with Gasteiger partial charge in [-0.3, -0.25) is 4.98 Å². The Labute approximate surface area is 207 Å². The fraction of sp³-hybridized carbons (Fsp3) is 0.308. The Balaban J connectivity index is 1.57. The normalized spacial score (nSPS) is 14.2. The van der Waals surface area contributed by atoms with Gasteiger partial charge in [-0.25, -0.2) is 9.07 Å². The number of hydrogen-bond donors (Lipinski definition) is 2. The first-order valence-corrected chi connectivity index (χ1v) is 12.0. The topological polar surface area (TPSA) is 91.5 Å². The number of fused-ring (bicyclic) bond motifs is 1. The predicted molar refractivity (Wildman–Crippen MR) is 135 cm³/mol. The first kappa shape index (κ1) is 23.1. The molecule has 0 saturated heterocycles. The lowest BCUT2D eigenvalue weighted by molar-refractivity contribution is 0.610. The van der Waals surface area contributed by atoms with Crippen LogP contribution in [0.25, 0.3) is 10.9 Å². The fourth-order valence-electron chi connectivity index (χ4n) is 4.01. The highest BCUT2D eigenvalue weighted by molar-refractivity contribution is 6.35. The Morgan fingerprint density at radius 3 is 2.69 bits per heavy atom. The summed E-state index contributed by atoms with van der Waals surface area (Å²) < 4.78 is 15.5. The molecule has 1 unspecified atom stereocenters. The van der Waals surface area contributed by atoms with E-state index < -0.39 is 0 Å². The lowest BCUT2D eigenvalue weighted by atomic mass is 10.0. The average Bonchev–Trinajstić information content (AvgIpc) is 3.58. The molecule has 2 N–H and O–H groups in total. The molecule has 1 atom stereocenters. The lowest BCUT2D eigenvalue weighted by Gasteiger charge is -2.20. The molecule has 1 saturated carbocycles. The van der Waals surface area contributed by atoms with Crippen LogP contribution < -0.4 is 10.6 Å². The van der Waals surface area contributed by atoms with Gasteiger partial charge in [0.15, 0.2) is 0 Å². The van der Waals surface area contributed by atoms with E-state index in [-0.39, 0.29) is 11.9 Å². The summed E-state index contributed by atoms with van der Waals surface area (Å²) in [6, 6.07) is 12.3. The van der Waals surface area contributed by atoms with E-state index in [0.29, 0.717) is 40.3 Å². The van der Waals surface area contributed by atoms with E-state index >= 15 is 0 Å². The van der Waals surface area contributed by atoms with Gasteiger partial charge in [-0.15, -0.1) is 5.10 Å².